The molecule has 1 aromatic carbocycles. The van der Waals surface area contributed by atoms with Crippen molar-refractivity contribution < 1.29 is 13.2 Å². The summed E-state index contributed by atoms with van der Waals surface area (Å²) >= 11 is 0. The van der Waals surface area contributed by atoms with Crippen molar-refractivity contribution in [3.8, 4) is 0 Å². The molecule has 7 heteroatoms. The summed E-state index contributed by atoms with van der Waals surface area (Å²) in [6.45, 7) is 1.55. The van der Waals surface area contributed by atoms with E-state index in [0.717, 1.165) is 12.0 Å². The van der Waals surface area contributed by atoms with Crippen LogP contribution in [0.1, 0.15) is 24.0 Å². The van der Waals surface area contributed by atoms with Crippen molar-refractivity contribution in [1.29, 1.82) is 0 Å². The highest BCUT2D eigenvalue weighted by Crippen LogP contribution is 2.25. The summed E-state index contributed by atoms with van der Waals surface area (Å²) in [6.07, 6.45) is 2.07. The first-order chi connectivity index (χ1) is 10.5. The first-order valence-corrected chi connectivity index (χ1v) is 8.99. The fourth-order valence-electron chi connectivity index (χ4n) is 3.21. The van der Waals surface area contributed by atoms with E-state index in [2.05, 4.69) is 0 Å². The maximum atomic E-state index is 12.8. The van der Waals surface area contributed by atoms with Crippen molar-refractivity contribution in [2.75, 3.05) is 19.6 Å². The van der Waals surface area contributed by atoms with E-state index in [1.54, 1.807) is 0 Å². The van der Waals surface area contributed by atoms with Gasteiger partial charge in [-0.2, -0.15) is 17.0 Å². The number of nitrogens with zero attached hydrogens (tertiary/aromatic N) is 2. The van der Waals surface area contributed by atoms with Crippen LogP contribution in [0, 0.1) is 5.92 Å². The molecule has 2 heterocycles. The van der Waals surface area contributed by atoms with E-state index >= 15 is 0 Å². The molecule has 0 spiro atoms. The largest absolute Gasteiger partial charge is 0.369 e. The number of nitrogens with two attached hydrogens (primary N) is 1. The van der Waals surface area contributed by atoms with Crippen molar-refractivity contribution in [1.82, 2.24) is 8.61 Å². The predicted molar refractivity (Wildman–Crippen MR) is 83.0 cm³/mol. The molecule has 1 amide bonds. The average Bonchev–Trinajstić information content (AvgIpc) is 2.54. The minimum Gasteiger partial charge on any atom is -0.369 e. The third-order valence-electron chi connectivity index (χ3n) is 4.53. The minimum absolute atomic E-state index is 0.204. The number of hydrogen-bond acceptors (Lipinski definition) is 3. The van der Waals surface area contributed by atoms with Gasteiger partial charge in [-0.3, -0.25) is 4.79 Å². The van der Waals surface area contributed by atoms with Gasteiger partial charge < -0.3 is 5.73 Å². The van der Waals surface area contributed by atoms with Crippen LogP contribution < -0.4 is 5.73 Å². The highest BCUT2D eigenvalue weighted by atomic mass is 32.2. The van der Waals surface area contributed by atoms with E-state index in [0.29, 0.717) is 32.5 Å². The van der Waals surface area contributed by atoms with Gasteiger partial charge in [0.1, 0.15) is 0 Å². The zero-order valence-electron chi connectivity index (χ0n) is 12.4. The first kappa shape index (κ1) is 15.5. The van der Waals surface area contributed by atoms with Crippen molar-refractivity contribution in [3.63, 3.8) is 0 Å². The molecule has 120 valence electrons. The van der Waals surface area contributed by atoms with Crippen molar-refractivity contribution >= 4 is 16.1 Å². The summed E-state index contributed by atoms with van der Waals surface area (Å²) in [5, 5.41) is 0. The van der Waals surface area contributed by atoms with Gasteiger partial charge >= 0.3 is 0 Å². The Hall–Kier alpha value is -1.44. The normalized spacial score (nSPS) is 23.9. The molecule has 22 heavy (non-hydrogen) atoms. The average molecular weight is 323 g/mol. The maximum absolute atomic E-state index is 12.8. The van der Waals surface area contributed by atoms with Crippen LogP contribution in [0.3, 0.4) is 0 Å². The van der Waals surface area contributed by atoms with Gasteiger partial charge in [0.25, 0.3) is 10.2 Å². The number of piperidine rings is 1. The van der Waals surface area contributed by atoms with E-state index in [-0.39, 0.29) is 12.5 Å². The van der Waals surface area contributed by atoms with Crippen molar-refractivity contribution in [3.05, 3.63) is 35.4 Å². The molecule has 2 aliphatic rings. The summed E-state index contributed by atoms with van der Waals surface area (Å²) in [5.41, 5.74) is 7.61. The fraction of sp³-hybridized carbons (Fsp3) is 0.533. The van der Waals surface area contributed by atoms with Gasteiger partial charge in [-0.05, 0) is 30.4 Å². The number of fused-ring (bicyclic) bond motifs is 1. The lowest BCUT2D eigenvalue weighted by Gasteiger charge is -2.36. The van der Waals surface area contributed by atoms with E-state index in [1.165, 1.54) is 14.2 Å². The lowest BCUT2D eigenvalue weighted by atomic mass is 9.99. The molecule has 1 saturated heterocycles. The monoisotopic (exact) mass is 323 g/mol. The van der Waals surface area contributed by atoms with Crippen LogP contribution in [-0.2, 0) is 28.0 Å². The van der Waals surface area contributed by atoms with Crippen LogP contribution in [0.15, 0.2) is 24.3 Å². The molecule has 2 aliphatic heterocycles. The number of carbonyl (C=O) groups excluding carboxylic acids is 1. The number of rotatable bonds is 3. The summed E-state index contributed by atoms with van der Waals surface area (Å²) in [4.78, 5) is 11.4. The lowest BCUT2D eigenvalue weighted by Crippen LogP contribution is -2.50. The quantitative estimate of drug-likeness (QED) is 0.878. The van der Waals surface area contributed by atoms with Crippen molar-refractivity contribution in [2.45, 2.75) is 25.8 Å². The molecule has 2 N–H and O–H groups in total. The Morgan fingerprint density at radius 3 is 2.59 bits per heavy atom. The molecule has 1 unspecified atom stereocenters. The van der Waals surface area contributed by atoms with Gasteiger partial charge in [-0.25, -0.2) is 0 Å². The molecule has 0 radical (unpaired) electrons. The van der Waals surface area contributed by atoms with Crippen LogP contribution in [0.4, 0.5) is 0 Å². The van der Waals surface area contributed by atoms with Crippen LogP contribution in [0.2, 0.25) is 0 Å². The Morgan fingerprint density at radius 2 is 1.86 bits per heavy atom. The van der Waals surface area contributed by atoms with E-state index in [1.807, 2.05) is 24.3 Å². The SMILES string of the molecule is NC(=O)C1CCCN(S(=O)(=O)N2CCc3ccccc3C2)C1. The molecule has 1 fully saturated rings. The van der Waals surface area contributed by atoms with Crippen LogP contribution >= 0.6 is 0 Å². The number of primary amides is 1. The Morgan fingerprint density at radius 1 is 1.14 bits per heavy atom. The molecule has 0 saturated carbocycles. The molecule has 6 nitrogen and oxygen atoms in total. The number of amides is 1. The number of hydrogen-bond donors (Lipinski definition) is 1. The summed E-state index contributed by atoms with van der Waals surface area (Å²) < 4.78 is 28.6. The van der Waals surface area contributed by atoms with Gasteiger partial charge in [-0.1, -0.05) is 24.3 Å². The molecular formula is C15H21N3O3S. The number of benzene rings is 1. The van der Waals surface area contributed by atoms with Crippen LogP contribution in [0.25, 0.3) is 0 Å². The van der Waals surface area contributed by atoms with Crippen LogP contribution in [0.5, 0.6) is 0 Å². The predicted octanol–water partition coefficient (Wildman–Crippen LogP) is 0.487. The smallest absolute Gasteiger partial charge is 0.282 e. The van der Waals surface area contributed by atoms with Gasteiger partial charge in [0.2, 0.25) is 5.91 Å². The van der Waals surface area contributed by atoms with E-state index < -0.39 is 16.1 Å². The van der Waals surface area contributed by atoms with E-state index in [4.69, 9.17) is 5.73 Å². The third-order valence-corrected chi connectivity index (χ3v) is 6.48. The topological polar surface area (TPSA) is 83.7 Å². The molecule has 0 aromatic heterocycles. The summed E-state index contributed by atoms with van der Waals surface area (Å²) in [6, 6.07) is 7.92. The number of carbonyl (C=O) groups is 1. The lowest BCUT2D eigenvalue weighted by molar-refractivity contribution is -0.122. The second-order valence-corrected chi connectivity index (χ2v) is 7.89. The fourth-order valence-corrected chi connectivity index (χ4v) is 4.89. The Bertz CT molecular complexity index is 674. The minimum atomic E-state index is -3.54. The second kappa shape index (κ2) is 5.98. The van der Waals surface area contributed by atoms with E-state index in [9.17, 15) is 13.2 Å². The first-order valence-electron chi connectivity index (χ1n) is 7.60. The summed E-state index contributed by atoms with van der Waals surface area (Å²) in [7, 11) is -3.54. The molecule has 0 bridgehead atoms. The molecule has 1 atom stereocenters. The third kappa shape index (κ3) is 2.88. The highest BCUT2D eigenvalue weighted by molar-refractivity contribution is 7.86. The standard InChI is InChI=1S/C15H21N3O3S/c16-15(19)14-6-3-8-17(11-14)22(20,21)18-9-7-12-4-1-2-5-13(12)10-18/h1-2,4-5,14H,3,6-11H2,(H2,16,19). The Kier molecular flexibility index (Phi) is 4.20. The molecular weight excluding hydrogens is 302 g/mol. The highest BCUT2D eigenvalue weighted by Gasteiger charge is 2.36. The maximum Gasteiger partial charge on any atom is 0.282 e. The van der Waals surface area contributed by atoms with Crippen molar-refractivity contribution in [2.24, 2.45) is 11.7 Å². The van der Waals surface area contributed by atoms with Crippen LogP contribution in [-0.4, -0.2) is 42.6 Å². The summed E-state index contributed by atoms with van der Waals surface area (Å²) in [5.74, 6) is -0.788. The zero-order valence-corrected chi connectivity index (χ0v) is 13.3. The Labute approximate surface area is 131 Å². The van der Waals surface area contributed by atoms with Gasteiger partial charge in [0, 0.05) is 26.2 Å². The molecule has 3 rings (SSSR count). The Balaban J connectivity index is 1.78. The second-order valence-electron chi connectivity index (χ2n) is 5.96. The van der Waals surface area contributed by atoms with Gasteiger partial charge in [-0.15, -0.1) is 0 Å². The zero-order chi connectivity index (χ0) is 15.7. The molecule has 0 aliphatic carbocycles. The molecule has 1 aromatic rings. The van der Waals surface area contributed by atoms with Gasteiger partial charge in [0.15, 0.2) is 0 Å². The van der Waals surface area contributed by atoms with Gasteiger partial charge in [0.05, 0.1) is 5.92 Å².